The molecule has 0 unspecified atom stereocenters. The Morgan fingerprint density at radius 2 is 1.30 bits per heavy atom. The second kappa shape index (κ2) is 7.40. The lowest BCUT2D eigenvalue weighted by Crippen LogP contribution is -2.64. The maximum absolute atomic E-state index is 12.5. The van der Waals surface area contributed by atoms with E-state index >= 15 is 0 Å². The molecule has 2 aromatic rings. The van der Waals surface area contributed by atoms with E-state index in [9.17, 15) is 9.59 Å². The van der Waals surface area contributed by atoms with Crippen molar-refractivity contribution >= 4 is 17.5 Å². The molecule has 0 atom stereocenters. The van der Waals surface area contributed by atoms with Crippen LogP contribution in [0.1, 0.15) is 20.7 Å². The number of amides is 2. The second-order valence-electron chi connectivity index (χ2n) is 7.18. The number of carbonyl (C=O) groups excluding carboxylic acids is 2. The van der Waals surface area contributed by atoms with E-state index in [1.807, 2.05) is 40.1 Å². The van der Waals surface area contributed by atoms with Crippen molar-refractivity contribution in [3.63, 3.8) is 0 Å². The number of carbonyl (C=O) groups is 2. The Labute approximate surface area is 159 Å². The molecule has 4 rings (SSSR count). The van der Waals surface area contributed by atoms with Crippen LogP contribution < -0.4 is 5.73 Å². The van der Waals surface area contributed by atoms with Crippen molar-refractivity contribution < 1.29 is 9.59 Å². The zero-order chi connectivity index (χ0) is 18.8. The Hall–Kier alpha value is -2.86. The maximum Gasteiger partial charge on any atom is 0.253 e. The number of nitrogen functional groups attached to an aromatic ring is 1. The number of nitrogens with two attached hydrogens (primary N) is 1. The third-order valence-electron chi connectivity index (χ3n) is 5.45. The normalized spacial score (nSPS) is 18.2. The number of likely N-dealkylation sites (tertiary alicyclic amines) is 1. The molecule has 6 nitrogen and oxygen atoms in total. The summed E-state index contributed by atoms with van der Waals surface area (Å²) in [5.74, 6) is 0.160. The summed E-state index contributed by atoms with van der Waals surface area (Å²) in [6.07, 6.45) is 0. The average molecular weight is 364 g/mol. The molecule has 2 aliphatic rings. The molecule has 2 saturated heterocycles. The van der Waals surface area contributed by atoms with Crippen LogP contribution in [-0.4, -0.2) is 71.8 Å². The summed E-state index contributed by atoms with van der Waals surface area (Å²) in [5.41, 5.74) is 7.77. The number of piperazine rings is 1. The molecule has 0 radical (unpaired) electrons. The van der Waals surface area contributed by atoms with Gasteiger partial charge in [0.15, 0.2) is 0 Å². The van der Waals surface area contributed by atoms with E-state index in [-0.39, 0.29) is 11.8 Å². The minimum Gasteiger partial charge on any atom is -0.399 e. The Morgan fingerprint density at radius 1 is 0.741 bits per heavy atom. The van der Waals surface area contributed by atoms with Gasteiger partial charge in [-0.15, -0.1) is 0 Å². The summed E-state index contributed by atoms with van der Waals surface area (Å²) in [6, 6.07) is 16.9. The second-order valence-corrected chi connectivity index (χ2v) is 7.18. The van der Waals surface area contributed by atoms with Gasteiger partial charge in [-0.05, 0) is 36.4 Å². The van der Waals surface area contributed by atoms with Crippen LogP contribution in [0.2, 0.25) is 0 Å². The molecule has 0 saturated carbocycles. The van der Waals surface area contributed by atoms with Crippen LogP contribution in [0.4, 0.5) is 5.69 Å². The fourth-order valence-corrected chi connectivity index (χ4v) is 3.71. The van der Waals surface area contributed by atoms with Crippen molar-refractivity contribution in [3.8, 4) is 0 Å². The first-order valence-electron chi connectivity index (χ1n) is 9.35. The highest BCUT2D eigenvalue weighted by molar-refractivity contribution is 5.95. The van der Waals surface area contributed by atoms with Gasteiger partial charge >= 0.3 is 0 Å². The van der Waals surface area contributed by atoms with E-state index in [0.29, 0.717) is 17.3 Å². The number of nitrogens with zero attached hydrogens (tertiary/aromatic N) is 3. The van der Waals surface area contributed by atoms with Crippen molar-refractivity contribution in [2.45, 2.75) is 6.04 Å². The molecule has 140 valence electrons. The Kier molecular flexibility index (Phi) is 4.81. The van der Waals surface area contributed by atoms with Gasteiger partial charge < -0.3 is 15.5 Å². The lowest BCUT2D eigenvalue weighted by atomic mass is 10.0. The summed E-state index contributed by atoms with van der Waals surface area (Å²) in [7, 11) is 0. The smallest absolute Gasteiger partial charge is 0.253 e. The highest BCUT2D eigenvalue weighted by atomic mass is 16.2. The van der Waals surface area contributed by atoms with Gasteiger partial charge in [-0.3, -0.25) is 14.5 Å². The molecule has 6 heteroatoms. The number of benzene rings is 2. The van der Waals surface area contributed by atoms with E-state index in [2.05, 4.69) is 4.90 Å². The molecule has 27 heavy (non-hydrogen) atoms. The summed E-state index contributed by atoms with van der Waals surface area (Å²) < 4.78 is 0. The van der Waals surface area contributed by atoms with Gasteiger partial charge in [0.25, 0.3) is 11.8 Å². The Bertz CT molecular complexity index is 808. The van der Waals surface area contributed by atoms with E-state index in [0.717, 1.165) is 44.8 Å². The molecule has 2 amide bonds. The standard InChI is InChI=1S/C21H24N4O2/c22-18-8-6-17(7-9-18)21(27)25-14-19(15-25)23-10-12-24(13-11-23)20(26)16-4-2-1-3-5-16/h1-9,19H,10-15,22H2. The molecule has 2 N–H and O–H groups in total. The largest absolute Gasteiger partial charge is 0.399 e. The van der Waals surface area contributed by atoms with Crippen LogP contribution in [0.25, 0.3) is 0 Å². The molecule has 0 aliphatic carbocycles. The van der Waals surface area contributed by atoms with Crippen molar-refractivity contribution in [2.24, 2.45) is 0 Å². The molecule has 0 bridgehead atoms. The van der Waals surface area contributed by atoms with Crippen molar-refractivity contribution in [1.82, 2.24) is 14.7 Å². The maximum atomic E-state index is 12.5. The fraction of sp³-hybridized carbons (Fsp3) is 0.333. The SMILES string of the molecule is Nc1ccc(C(=O)N2CC(N3CCN(C(=O)c4ccccc4)CC3)C2)cc1. The quantitative estimate of drug-likeness (QED) is 0.839. The minimum absolute atomic E-state index is 0.0594. The monoisotopic (exact) mass is 364 g/mol. The number of rotatable bonds is 3. The lowest BCUT2D eigenvalue weighted by Gasteiger charge is -2.48. The predicted molar refractivity (Wildman–Crippen MR) is 104 cm³/mol. The molecular formula is C21H24N4O2. The van der Waals surface area contributed by atoms with Crippen molar-refractivity contribution in [3.05, 3.63) is 65.7 Å². The highest BCUT2D eigenvalue weighted by Crippen LogP contribution is 2.20. The number of hydrogen-bond acceptors (Lipinski definition) is 4. The van der Waals surface area contributed by atoms with E-state index in [1.54, 1.807) is 24.3 Å². The summed E-state index contributed by atoms with van der Waals surface area (Å²) in [6.45, 7) is 4.66. The van der Waals surface area contributed by atoms with Crippen LogP contribution in [0.5, 0.6) is 0 Å². The van der Waals surface area contributed by atoms with E-state index in [1.165, 1.54) is 0 Å². The first-order valence-corrected chi connectivity index (χ1v) is 9.35. The van der Waals surface area contributed by atoms with Crippen LogP contribution >= 0.6 is 0 Å². The summed E-state index contributed by atoms with van der Waals surface area (Å²) in [5, 5.41) is 0. The van der Waals surface area contributed by atoms with Crippen LogP contribution in [-0.2, 0) is 0 Å². The average Bonchev–Trinajstić information content (AvgIpc) is 2.68. The first kappa shape index (κ1) is 17.5. The molecule has 2 fully saturated rings. The molecule has 0 aromatic heterocycles. The first-order chi connectivity index (χ1) is 13.1. The minimum atomic E-state index is 0.0594. The third-order valence-corrected chi connectivity index (χ3v) is 5.45. The predicted octanol–water partition coefficient (Wildman–Crippen LogP) is 1.55. The van der Waals surface area contributed by atoms with Crippen molar-refractivity contribution in [2.75, 3.05) is 45.0 Å². The Balaban J connectivity index is 1.26. The highest BCUT2D eigenvalue weighted by Gasteiger charge is 2.36. The van der Waals surface area contributed by atoms with Gasteiger partial charge in [0.2, 0.25) is 0 Å². The fourth-order valence-electron chi connectivity index (χ4n) is 3.71. The summed E-state index contributed by atoms with van der Waals surface area (Å²) >= 11 is 0. The molecule has 2 aliphatic heterocycles. The number of hydrogen-bond donors (Lipinski definition) is 1. The van der Waals surface area contributed by atoms with E-state index < -0.39 is 0 Å². The van der Waals surface area contributed by atoms with Gasteiger partial charge in [-0.1, -0.05) is 18.2 Å². The van der Waals surface area contributed by atoms with Crippen LogP contribution in [0.3, 0.4) is 0 Å². The van der Waals surface area contributed by atoms with Gasteiger partial charge in [0, 0.05) is 62.1 Å². The number of anilines is 1. The van der Waals surface area contributed by atoms with Gasteiger partial charge in [-0.25, -0.2) is 0 Å². The topological polar surface area (TPSA) is 69.9 Å². The van der Waals surface area contributed by atoms with Gasteiger partial charge in [-0.2, -0.15) is 0 Å². The molecular weight excluding hydrogens is 340 g/mol. The van der Waals surface area contributed by atoms with Crippen molar-refractivity contribution in [1.29, 1.82) is 0 Å². The zero-order valence-electron chi connectivity index (χ0n) is 15.3. The Morgan fingerprint density at radius 3 is 1.93 bits per heavy atom. The molecule has 0 spiro atoms. The molecule has 2 heterocycles. The van der Waals surface area contributed by atoms with Gasteiger partial charge in [0.1, 0.15) is 0 Å². The van der Waals surface area contributed by atoms with E-state index in [4.69, 9.17) is 5.73 Å². The van der Waals surface area contributed by atoms with Crippen LogP contribution in [0.15, 0.2) is 54.6 Å². The zero-order valence-corrected chi connectivity index (χ0v) is 15.3. The molecule has 2 aromatic carbocycles. The van der Waals surface area contributed by atoms with Gasteiger partial charge in [0.05, 0.1) is 0 Å². The third kappa shape index (κ3) is 3.66. The van der Waals surface area contributed by atoms with Crippen LogP contribution in [0, 0.1) is 0 Å². The lowest BCUT2D eigenvalue weighted by molar-refractivity contribution is 0.00854. The summed E-state index contributed by atoms with van der Waals surface area (Å²) in [4.78, 5) is 31.2.